The maximum atomic E-state index is 14.7. The highest BCUT2D eigenvalue weighted by molar-refractivity contribution is 7.14. The normalized spacial score (nSPS) is 16.0. The van der Waals surface area contributed by atoms with E-state index in [1.54, 1.807) is 54.3 Å². The Labute approximate surface area is 377 Å². The van der Waals surface area contributed by atoms with E-state index < -0.39 is 0 Å². The molecule has 2 aliphatic carbocycles. The van der Waals surface area contributed by atoms with Crippen molar-refractivity contribution in [2.75, 3.05) is 10.6 Å². The first-order valence-electron chi connectivity index (χ1n) is 21.3. The molecule has 0 saturated heterocycles. The van der Waals surface area contributed by atoms with Gasteiger partial charge in [-0.2, -0.15) is 0 Å². The first kappa shape index (κ1) is 41.0. The standard InChI is InChI=1S/C50H43FN8O3S2/c51-42-26-41(62-40-14-15-40)13-11-35(42)10-12-39-30-63-49(54-39)56-47(60)45-7-4-22-58(45)28-33-18-21-53-43(23-33)38-25-46(59(29-38)27-32-16-19-52-20-17-32)48(61)57-50-55-44(31-64-50)37-9-8-36(24-37)34-5-2-1-3-6-34/h1-7,10-13,16-23,25-26,29-31,36-37,40H,8-9,14-15,24,27-28H2,(H,54,56,60)(H,55,57,61)/b12-10+/t36-,37+/m0/s1. The summed E-state index contributed by atoms with van der Waals surface area (Å²) in [5.41, 5.74) is 7.75. The lowest BCUT2D eigenvalue weighted by molar-refractivity contribution is 0.101. The van der Waals surface area contributed by atoms with Crippen molar-refractivity contribution >= 4 is 56.9 Å². The van der Waals surface area contributed by atoms with Gasteiger partial charge in [-0.3, -0.25) is 30.2 Å². The van der Waals surface area contributed by atoms with Gasteiger partial charge in [-0.25, -0.2) is 14.4 Å². The lowest BCUT2D eigenvalue weighted by atomic mass is 9.96. The van der Waals surface area contributed by atoms with Crippen LogP contribution in [0.25, 0.3) is 23.4 Å². The van der Waals surface area contributed by atoms with E-state index >= 15 is 0 Å². The molecule has 0 bridgehead atoms. The molecule has 2 aliphatic rings. The number of hydrogen-bond acceptors (Lipinski definition) is 9. The number of thiazole rings is 2. The molecule has 0 unspecified atom stereocenters. The average Bonchev–Trinajstić information content (AvgIpc) is 3.91. The van der Waals surface area contributed by atoms with Crippen LogP contribution in [0.5, 0.6) is 5.75 Å². The average molecular weight is 887 g/mol. The van der Waals surface area contributed by atoms with Gasteiger partial charge >= 0.3 is 0 Å². The number of carbonyl (C=O) groups is 2. The second-order valence-corrected chi connectivity index (χ2v) is 17.9. The van der Waals surface area contributed by atoms with Crippen molar-refractivity contribution in [1.82, 2.24) is 29.1 Å². The molecule has 2 saturated carbocycles. The van der Waals surface area contributed by atoms with E-state index in [0.717, 1.165) is 54.5 Å². The van der Waals surface area contributed by atoms with Crippen molar-refractivity contribution in [1.29, 1.82) is 0 Å². The summed E-state index contributed by atoms with van der Waals surface area (Å²) in [5.74, 6) is 0.482. The number of carbonyl (C=O) groups excluding carboxylic acids is 2. The van der Waals surface area contributed by atoms with Crippen LogP contribution in [0.1, 0.15) is 98.6 Å². The van der Waals surface area contributed by atoms with Crippen molar-refractivity contribution in [2.24, 2.45) is 0 Å². The molecule has 6 heterocycles. The summed E-state index contributed by atoms with van der Waals surface area (Å²) in [5, 5.41) is 10.9. The molecular weight excluding hydrogens is 844 g/mol. The van der Waals surface area contributed by atoms with Gasteiger partial charge in [0.1, 0.15) is 23.0 Å². The molecule has 2 atom stereocenters. The van der Waals surface area contributed by atoms with Gasteiger partial charge < -0.3 is 13.9 Å². The van der Waals surface area contributed by atoms with Crippen LogP contribution in [-0.4, -0.2) is 47.0 Å². The zero-order chi connectivity index (χ0) is 43.4. The van der Waals surface area contributed by atoms with Crippen LogP contribution in [0, 0.1) is 5.82 Å². The maximum Gasteiger partial charge on any atom is 0.274 e. The summed E-state index contributed by atoms with van der Waals surface area (Å²) in [6, 6.07) is 28.7. The zero-order valence-electron chi connectivity index (χ0n) is 34.6. The smallest absolute Gasteiger partial charge is 0.274 e. The van der Waals surface area contributed by atoms with E-state index in [-0.39, 0.29) is 23.7 Å². The number of hydrogen-bond donors (Lipinski definition) is 2. The number of pyridine rings is 2. The van der Waals surface area contributed by atoms with Crippen LogP contribution in [0.3, 0.4) is 0 Å². The highest BCUT2D eigenvalue weighted by Gasteiger charge is 2.29. The SMILES string of the molecule is O=C(Nc1nc(/C=C/c2ccc(OC3CC3)cc2F)cs1)c1cccn1Cc1ccnc(-c2cc(C(=O)Nc3nc([C@@H]4CC[C@H](c5ccccc5)C4)cs3)n(Cc3ccncc3)c2)c1. The molecule has 2 amide bonds. The summed E-state index contributed by atoms with van der Waals surface area (Å²) in [6.45, 7) is 0.857. The summed E-state index contributed by atoms with van der Waals surface area (Å²) in [4.78, 5) is 45.8. The van der Waals surface area contributed by atoms with E-state index in [1.807, 2.05) is 57.9 Å². The number of halogens is 1. The Morgan fingerprint density at radius 1 is 0.750 bits per heavy atom. The molecule has 0 aliphatic heterocycles. The lowest BCUT2D eigenvalue weighted by Gasteiger charge is -2.10. The lowest BCUT2D eigenvalue weighted by Crippen LogP contribution is -2.17. The Hall–Kier alpha value is -7.03. The van der Waals surface area contributed by atoms with Gasteiger partial charge in [0.25, 0.3) is 11.8 Å². The number of nitrogens with zero attached hydrogens (tertiary/aromatic N) is 6. The molecule has 11 nitrogen and oxygen atoms in total. The number of rotatable bonds is 15. The Morgan fingerprint density at radius 3 is 2.34 bits per heavy atom. The van der Waals surface area contributed by atoms with Gasteiger partial charge in [0.2, 0.25) is 0 Å². The fourth-order valence-corrected chi connectivity index (χ4v) is 9.62. The monoisotopic (exact) mass is 886 g/mol. The molecule has 64 heavy (non-hydrogen) atoms. The van der Waals surface area contributed by atoms with Gasteiger partial charge in [0, 0.05) is 77.9 Å². The molecule has 2 fully saturated rings. The third-order valence-electron chi connectivity index (χ3n) is 11.6. The Balaban J connectivity index is 0.812. The number of benzene rings is 2. The van der Waals surface area contributed by atoms with Crippen molar-refractivity contribution in [3.05, 3.63) is 184 Å². The summed E-state index contributed by atoms with van der Waals surface area (Å²) in [7, 11) is 0. The molecule has 14 heteroatoms. The van der Waals surface area contributed by atoms with E-state index in [4.69, 9.17) is 14.7 Å². The van der Waals surface area contributed by atoms with Gasteiger partial charge in [-0.1, -0.05) is 30.3 Å². The number of amides is 2. The van der Waals surface area contributed by atoms with Crippen molar-refractivity contribution in [3.8, 4) is 17.0 Å². The van der Waals surface area contributed by atoms with Crippen molar-refractivity contribution in [2.45, 2.75) is 63.1 Å². The summed E-state index contributed by atoms with van der Waals surface area (Å²) < 4.78 is 24.2. The Bertz CT molecular complexity index is 2950. The quantitative estimate of drug-likeness (QED) is 0.105. The molecule has 320 valence electrons. The van der Waals surface area contributed by atoms with Gasteiger partial charge in [-0.05, 0) is 121 Å². The predicted octanol–water partition coefficient (Wildman–Crippen LogP) is 11.2. The van der Waals surface area contributed by atoms with Crippen LogP contribution in [0.4, 0.5) is 14.7 Å². The number of aromatic nitrogens is 6. The Kier molecular flexibility index (Phi) is 11.8. The van der Waals surface area contributed by atoms with Crippen LogP contribution < -0.4 is 15.4 Å². The second kappa shape index (κ2) is 18.4. The minimum absolute atomic E-state index is 0.196. The molecule has 2 aromatic carbocycles. The zero-order valence-corrected chi connectivity index (χ0v) is 36.3. The maximum absolute atomic E-state index is 14.7. The second-order valence-electron chi connectivity index (χ2n) is 16.2. The van der Waals surface area contributed by atoms with E-state index in [0.29, 0.717) is 69.3 Å². The van der Waals surface area contributed by atoms with Crippen molar-refractivity contribution < 1.29 is 18.7 Å². The van der Waals surface area contributed by atoms with Crippen LogP contribution in [0.2, 0.25) is 0 Å². The summed E-state index contributed by atoms with van der Waals surface area (Å²) in [6.07, 6.45) is 17.9. The molecule has 2 N–H and O–H groups in total. The van der Waals surface area contributed by atoms with Gasteiger partial charge in [0.05, 0.1) is 23.2 Å². The third kappa shape index (κ3) is 9.63. The highest BCUT2D eigenvalue weighted by atomic mass is 32.1. The molecule has 6 aromatic heterocycles. The minimum Gasteiger partial charge on any atom is -0.490 e. The van der Waals surface area contributed by atoms with Gasteiger partial charge in [0.15, 0.2) is 10.3 Å². The minimum atomic E-state index is -0.370. The van der Waals surface area contributed by atoms with E-state index in [9.17, 15) is 14.0 Å². The Morgan fingerprint density at radius 2 is 1.52 bits per heavy atom. The largest absolute Gasteiger partial charge is 0.490 e. The highest BCUT2D eigenvalue weighted by Crippen LogP contribution is 2.44. The van der Waals surface area contributed by atoms with E-state index in [2.05, 4.69) is 56.3 Å². The number of anilines is 2. The molecule has 0 radical (unpaired) electrons. The molecule has 8 aromatic rings. The van der Waals surface area contributed by atoms with Gasteiger partial charge in [-0.15, -0.1) is 22.7 Å². The molecular formula is C50H43FN8O3S2. The first-order chi connectivity index (χ1) is 31.4. The topological polar surface area (TPSA) is 129 Å². The molecule has 0 spiro atoms. The summed E-state index contributed by atoms with van der Waals surface area (Å²) >= 11 is 2.75. The third-order valence-corrected chi connectivity index (χ3v) is 13.2. The predicted molar refractivity (Wildman–Crippen MR) is 249 cm³/mol. The number of nitrogens with one attached hydrogen (secondary N) is 2. The van der Waals surface area contributed by atoms with Crippen LogP contribution in [0.15, 0.2) is 133 Å². The molecule has 10 rings (SSSR count). The van der Waals surface area contributed by atoms with Crippen LogP contribution in [-0.2, 0) is 13.1 Å². The fraction of sp³-hybridized carbons (Fsp3) is 0.200. The number of ether oxygens (including phenoxy) is 1. The van der Waals surface area contributed by atoms with Crippen molar-refractivity contribution in [3.63, 3.8) is 0 Å². The van der Waals surface area contributed by atoms with E-state index in [1.165, 1.54) is 34.3 Å². The first-order valence-corrected chi connectivity index (χ1v) is 23.1. The fourth-order valence-electron chi connectivity index (χ4n) is 8.16. The van der Waals surface area contributed by atoms with Crippen LogP contribution >= 0.6 is 22.7 Å².